The quantitative estimate of drug-likeness (QED) is 0.817. The van der Waals surface area contributed by atoms with E-state index in [-0.39, 0.29) is 29.8 Å². The zero-order valence-electron chi connectivity index (χ0n) is 14.4. The van der Waals surface area contributed by atoms with Gasteiger partial charge in [-0.3, -0.25) is 14.5 Å². The standard InChI is InChI=1S/C18H19F2N3O3S/c19-18(20)26-14-5-2-1-4-13(14)21-16(24)12-22-7-9-23(10-8-22)17(25)15-6-3-11-27-15/h1-6,11,18H,7-10,12H2,(H,21,24). The first-order chi connectivity index (χ1) is 13.0. The summed E-state index contributed by atoms with van der Waals surface area (Å²) in [5.41, 5.74) is 0.203. The Kier molecular flexibility index (Phi) is 6.36. The molecule has 1 saturated heterocycles. The number of hydrogen-bond acceptors (Lipinski definition) is 5. The molecule has 144 valence electrons. The maximum atomic E-state index is 12.4. The van der Waals surface area contributed by atoms with Gasteiger partial charge in [0.25, 0.3) is 5.91 Å². The van der Waals surface area contributed by atoms with E-state index in [1.54, 1.807) is 23.1 Å². The maximum Gasteiger partial charge on any atom is 0.387 e. The summed E-state index contributed by atoms with van der Waals surface area (Å²) < 4.78 is 29.3. The lowest BCUT2D eigenvalue weighted by atomic mass is 10.2. The van der Waals surface area contributed by atoms with Crippen LogP contribution < -0.4 is 10.1 Å². The van der Waals surface area contributed by atoms with Crippen LogP contribution in [0.15, 0.2) is 41.8 Å². The summed E-state index contributed by atoms with van der Waals surface area (Å²) in [5.74, 6) is -0.391. The number of halogens is 2. The second kappa shape index (κ2) is 8.92. The summed E-state index contributed by atoms with van der Waals surface area (Å²) in [6.07, 6.45) is 0. The molecule has 1 aromatic heterocycles. The number of benzene rings is 1. The van der Waals surface area contributed by atoms with Gasteiger partial charge in [0.05, 0.1) is 17.1 Å². The number of rotatable bonds is 6. The summed E-state index contributed by atoms with van der Waals surface area (Å²) in [6.45, 7) is -0.634. The van der Waals surface area contributed by atoms with Crippen LogP contribution in [0.4, 0.5) is 14.5 Å². The number of amides is 2. The summed E-state index contributed by atoms with van der Waals surface area (Å²) in [4.78, 5) is 29.0. The van der Waals surface area contributed by atoms with Crippen LogP contribution in [0.3, 0.4) is 0 Å². The third-order valence-corrected chi connectivity index (χ3v) is 4.99. The predicted octanol–water partition coefficient (Wildman–Crippen LogP) is 2.75. The van der Waals surface area contributed by atoms with Crippen molar-refractivity contribution in [3.63, 3.8) is 0 Å². The fourth-order valence-corrected chi connectivity index (χ4v) is 3.52. The lowest BCUT2D eigenvalue weighted by Gasteiger charge is -2.34. The number of para-hydroxylation sites is 2. The highest BCUT2D eigenvalue weighted by molar-refractivity contribution is 7.12. The molecule has 1 aliphatic heterocycles. The Morgan fingerprint density at radius 3 is 2.52 bits per heavy atom. The lowest BCUT2D eigenvalue weighted by Crippen LogP contribution is -2.50. The minimum Gasteiger partial charge on any atom is -0.433 e. The molecule has 0 unspecified atom stereocenters. The second-order valence-corrected chi connectivity index (χ2v) is 6.92. The van der Waals surface area contributed by atoms with Crippen LogP contribution in [-0.4, -0.2) is 60.9 Å². The average molecular weight is 395 g/mol. The van der Waals surface area contributed by atoms with Crippen molar-refractivity contribution in [2.45, 2.75) is 6.61 Å². The molecule has 1 aromatic carbocycles. The average Bonchev–Trinajstić information content (AvgIpc) is 3.18. The van der Waals surface area contributed by atoms with E-state index in [0.29, 0.717) is 31.1 Å². The van der Waals surface area contributed by atoms with E-state index in [0.717, 1.165) is 0 Å². The molecule has 1 N–H and O–H groups in total. The van der Waals surface area contributed by atoms with Crippen molar-refractivity contribution in [2.24, 2.45) is 0 Å². The summed E-state index contributed by atoms with van der Waals surface area (Å²) in [5, 5.41) is 4.47. The van der Waals surface area contributed by atoms with Gasteiger partial charge in [-0.15, -0.1) is 11.3 Å². The van der Waals surface area contributed by atoms with Crippen LogP contribution in [0.1, 0.15) is 9.67 Å². The number of carbonyl (C=O) groups excluding carboxylic acids is 2. The molecular formula is C18H19F2N3O3S. The molecule has 0 atom stereocenters. The number of nitrogens with zero attached hydrogens (tertiary/aromatic N) is 2. The first-order valence-corrected chi connectivity index (χ1v) is 9.29. The third-order valence-electron chi connectivity index (χ3n) is 4.14. The van der Waals surface area contributed by atoms with Gasteiger partial charge in [-0.2, -0.15) is 8.78 Å². The van der Waals surface area contributed by atoms with Gasteiger partial charge in [-0.25, -0.2) is 0 Å². The Bertz CT molecular complexity index is 778. The van der Waals surface area contributed by atoms with Crippen LogP contribution in [-0.2, 0) is 4.79 Å². The number of ether oxygens (including phenoxy) is 1. The van der Waals surface area contributed by atoms with Crippen molar-refractivity contribution in [2.75, 3.05) is 38.0 Å². The largest absolute Gasteiger partial charge is 0.433 e. The molecule has 0 radical (unpaired) electrons. The van der Waals surface area contributed by atoms with Crippen molar-refractivity contribution >= 4 is 28.8 Å². The zero-order valence-corrected chi connectivity index (χ0v) is 15.3. The predicted molar refractivity (Wildman–Crippen MR) is 98.4 cm³/mol. The Morgan fingerprint density at radius 1 is 1.11 bits per heavy atom. The van der Waals surface area contributed by atoms with Gasteiger partial charge in [-0.05, 0) is 23.6 Å². The number of anilines is 1. The van der Waals surface area contributed by atoms with Crippen molar-refractivity contribution in [1.82, 2.24) is 9.80 Å². The SMILES string of the molecule is O=C(CN1CCN(C(=O)c2cccs2)CC1)Nc1ccccc1OC(F)F. The highest BCUT2D eigenvalue weighted by Gasteiger charge is 2.24. The van der Waals surface area contributed by atoms with Gasteiger partial charge in [-0.1, -0.05) is 18.2 Å². The number of carbonyl (C=O) groups is 2. The van der Waals surface area contributed by atoms with Crippen LogP contribution in [0.2, 0.25) is 0 Å². The fourth-order valence-electron chi connectivity index (χ4n) is 2.83. The van der Waals surface area contributed by atoms with Crippen molar-refractivity contribution < 1.29 is 23.1 Å². The Morgan fingerprint density at radius 2 is 1.85 bits per heavy atom. The first-order valence-electron chi connectivity index (χ1n) is 8.42. The Balaban J connectivity index is 1.49. The van der Waals surface area contributed by atoms with Crippen LogP contribution in [0, 0.1) is 0 Å². The van der Waals surface area contributed by atoms with Crippen molar-refractivity contribution in [3.8, 4) is 5.75 Å². The number of nitrogens with one attached hydrogen (secondary N) is 1. The number of piperazine rings is 1. The van der Waals surface area contributed by atoms with Gasteiger partial charge in [0.1, 0.15) is 5.75 Å². The second-order valence-electron chi connectivity index (χ2n) is 5.97. The zero-order chi connectivity index (χ0) is 19.2. The smallest absolute Gasteiger partial charge is 0.387 e. The molecule has 2 amide bonds. The number of thiophene rings is 1. The molecule has 0 spiro atoms. The minimum absolute atomic E-state index is 0.00665. The highest BCUT2D eigenvalue weighted by Crippen LogP contribution is 2.25. The van der Waals surface area contributed by atoms with E-state index in [4.69, 9.17) is 0 Å². The third kappa shape index (κ3) is 5.24. The van der Waals surface area contributed by atoms with Crippen molar-refractivity contribution in [3.05, 3.63) is 46.7 Å². The Labute approximate surface area is 159 Å². The molecular weight excluding hydrogens is 376 g/mol. The van der Waals surface area contributed by atoms with E-state index < -0.39 is 6.61 Å². The van der Waals surface area contributed by atoms with Gasteiger partial charge in [0.15, 0.2) is 0 Å². The Hall–Kier alpha value is -2.52. The van der Waals surface area contributed by atoms with E-state index >= 15 is 0 Å². The maximum absolute atomic E-state index is 12.4. The molecule has 1 aliphatic rings. The molecule has 2 heterocycles. The van der Waals surface area contributed by atoms with E-state index in [1.807, 2.05) is 16.3 Å². The molecule has 27 heavy (non-hydrogen) atoms. The fraction of sp³-hybridized carbons (Fsp3) is 0.333. The van der Waals surface area contributed by atoms with E-state index in [2.05, 4.69) is 10.1 Å². The molecule has 9 heteroatoms. The summed E-state index contributed by atoms with van der Waals surface area (Å²) >= 11 is 1.41. The molecule has 2 aromatic rings. The van der Waals surface area contributed by atoms with Gasteiger partial charge < -0.3 is 15.0 Å². The van der Waals surface area contributed by atoms with E-state index in [9.17, 15) is 18.4 Å². The molecule has 3 rings (SSSR count). The summed E-state index contributed by atoms with van der Waals surface area (Å²) in [7, 11) is 0. The highest BCUT2D eigenvalue weighted by atomic mass is 32.1. The number of hydrogen-bond donors (Lipinski definition) is 1. The molecule has 1 fully saturated rings. The molecule has 0 bridgehead atoms. The van der Waals surface area contributed by atoms with Crippen LogP contribution in [0.5, 0.6) is 5.75 Å². The van der Waals surface area contributed by atoms with Crippen molar-refractivity contribution in [1.29, 1.82) is 0 Å². The van der Waals surface area contributed by atoms with Crippen LogP contribution in [0.25, 0.3) is 0 Å². The van der Waals surface area contributed by atoms with E-state index in [1.165, 1.54) is 23.5 Å². The molecule has 6 nitrogen and oxygen atoms in total. The van der Waals surface area contributed by atoms with Gasteiger partial charge in [0, 0.05) is 26.2 Å². The van der Waals surface area contributed by atoms with Gasteiger partial charge in [0.2, 0.25) is 5.91 Å². The lowest BCUT2D eigenvalue weighted by molar-refractivity contribution is -0.117. The summed E-state index contributed by atoms with van der Waals surface area (Å²) in [6, 6.07) is 9.70. The minimum atomic E-state index is -2.96. The normalized spacial score (nSPS) is 15.0. The first kappa shape index (κ1) is 19.2. The topological polar surface area (TPSA) is 61.9 Å². The number of alkyl halides is 2. The van der Waals surface area contributed by atoms with Crippen LogP contribution >= 0.6 is 11.3 Å². The molecule has 0 saturated carbocycles. The molecule has 0 aliphatic carbocycles. The van der Waals surface area contributed by atoms with Gasteiger partial charge >= 0.3 is 6.61 Å². The monoisotopic (exact) mass is 395 g/mol.